The molecule has 0 atom stereocenters. The van der Waals surface area contributed by atoms with Crippen molar-refractivity contribution in [1.82, 2.24) is 5.32 Å². The molecule has 0 bridgehead atoms. The zero-order valence-corrected chi connectivity index (χ0v) is 18.5. The smallest absolute Gasteiger partial charge is 0.343 e. The second-order valence-corrected chi connectivity index (χ2v) is 7.89. The molecule has 7 nitrogen and oxygen atoms in total. The van der Waals surface area contributed by atoms with E-state index in [0.29, 0.717) is 15.6 Å². The summed E-state index contributed by atoms with van der Waals surface area (Å²) in [4.78, 5) is 35.1. The van der Waals surface area contributed by atoms with E-state index in [-0.39, 0.29) is 29.5 Å². The first-order valence-corrected chi connectivity index (χ1v) is 10.2. The Morgan fingerprint density at radius 3 is 2.27 bits per heavy atom. The van der Waals surface area contributed by atoms with Crippen molar-refractivity contribution in [2.45, 2.75) is 6.54 Å². The van der Waals surface area contributed by atoms with Crippen LogP contribution in [0.4, 0.5) is 5.69 Å². The average molecular weight is 534 g/mol. The summed E-state index contributed by atoms with van der Waals surface area (Å²) < 4.78 is 6.77. The van der Waals surface area contributed by atoms with E-state index in [2.05, 4.69) is 37.2 Å². The van der Waals surface area contributed by atoms with Gasteiger partial charge in [-0.05, 0) is 52.3 Å². The minimum atomic E-state index is -0.677. The maximum atomic E-state index is 12.5. The summed E-state index contributed by atoms with van der Waals surface area (Å²) in [5, 5.41) is 13.6. The number of nitro groups is 1. The van der Waals surface area contributed by atoms with Gasteiger partial charge in [0.25, 0.3) is 11.6 Å². The topological polar surface area (TPSA) is 98.5 Å². The first-order chi connectivity index (χ1) is 14.3. The standard InChI is InChI=1S/C21H14Br2N2O5/c22-16-10-15(12-24-20(26)13-4-2-1-3-5-13)19(18(23)11-16)30-21(27)14-6-8-17(9-7-14)25(28)29/h1-11H,12H2,(H,24,26). The number of non-ortho nitro benzene ring substituents is 1. The maximum Gasteiger partial charge on any atom is 0.343 e. The quantitative estimate of drug-likeness (QED) is 0.201. The molecule has 0 aliphatic rings. The number of esters is 1. The largest absolute Gasteiger partial charge is 0.421 e. The Bertz CT molecular complexity index is 1100. The lowest BCUT2D eigenvalue weighted by Crippen LogP contribution is -2.23. The fourth-order valence-corrected chi connectivity index (χ4v) is 3.99. The molecule has 30 heavy (non-hydrogen) atoms. The Balaban J connectivity index is 1.79. The summed E-state index contributed by atoms with van der Waals surface area (Å²) in [6.07, 6.45) is 0. The SMILES string of the molecule is O=C(NCc1cc(Br)cc(Br)c1OC(=O)c1ccc([N+](=O)[O-])cc1)c1ccccc1. The molecule has 3 rings (SSSR count). The fourth-order valence-electron chi connectivity index (χ4n) is 2.60. The third-order valence-corrected chi connectivity index (χ3v) is 5.12. The molecule has 0 fully saturated rings. The predicted octanol–water partition coefficient (Wildman–Crippen LogP) is 5.27. The summed E-state index contributed by atoms with van der Waals surface area (Å²) in [6.45, 7) is 0.120. The molecule has 1 N–H and O–H groups in total. The van der Waals surface area contributed by atoms with Gasteiger partial charge >= 0.3 is 5.97 Å². The van der Waals surface area contributed by atoms with Crippen LogP contribution in [0, 0.1) is 10.1 Å². The van der Waals surface area contributed by atoms with Gasteiger partial charge in [-0.25, -0.2) is 4.79 Å². The number of rotatable bonds is 6. The van der Waals surface area contributed by atoms with E-state index >= 15 is 0 Å². The summed E-state index contributed by atoms with van der Waals surface area (Å²) in [6, 6.07) is 17.3. The lowest BCUT2D eigenvalue weighted by Gasteiger charge is -2.14. The van der Waals surface area contributed by atoms with Crippen LogP contribution in [-0.4, -0.2) is 16.8 Å². The number of carbonyl (C=O) groups excluding carboxylic acids is 2. The molecule has 3 aromatic carbocycles. The molecule has 0 saturated heterocycles. The molecule has 0 spiro atoms. The molecule has 0 aromatic heterocycles. The van der Waals surface area contributed by atoms with Crippen LogP contribution in [0.25, 0.3) is 0 Å². The number of carbonyl (C=O) groups is 2. The number of nitrogens with zero attached hydrogens (tertiary/aromatic N) is 1. The second-order valence-electron chi connectivity index (χ2n) is 6.12. The van der Waals surface area contributed by atoms with Crippen molar-refractivity contribution in [1.29, 1.82) is 0 Å². The van der Waals surface area contributed by atoms with Crippen molar-refractivity contribution in [2.75, 3.05) is 0 Å². The normalized spacial score (nSPS) is 10.3. The van der Waals surface area contributed by atoms with E-state index in [0.717, 1.165) is 4.47 Å². The number of hydrogen-bond acceptors (Lipinski definition) is 5. The first kappa shape index (κ1) is 21.7. The van der Waals surface area contributed by atoms with Gasteiger partial charge in [0.2, 0.25) is 0 Å². The van der Waals surface area contributed by atoms with Crippen LogP contribution in [0.2, 0.25) is 0 Å². The summed E-state index contributed by atoms with van der Waals surface area (Å²) >= 11 is 6.76. The second kappa shape index (κ2) is 9.64. The molecule has 9 heteroatoms. The van der Waals surface area contributed by atoms with E-state index in [1.54, 1.807) is 36.4 Å². The van der Waals surface area contributed by atoms with Crippen molar-refractivity contribution in [2.24, 2.45) is 0 Å². The van der Waals surface area contributed by atoms with Gasteiger partial charge in [0, 0.05) is 34.3 Å². The number of ether oxygens (including phenoxy) is 1. The molecular weight excluding hydrogens is 520 g/mol. The fraction of sp³-hybridized carbons (Fsp3) is 0.0476. The van der Waals surface area contributed by atoms with Gasteiger partial charge in [0.15, 0.2) is 0 Å². The Morgan fingerprint density at radius 1 is 0.967 bits per heavy atom. The molecule has 0 radical (unpaired) electrons. The van der Waals surface area contributed by atoms with E-state index in [9.17, 15) is 19.7 Å². The molecule has 0 saturated carbocycles. The molecule has 0 unspecified atom stereocenters. The van der Waals surface area contributed by atoms with Crippen LogP contribution in [0.15, 0.2) is 75.7 Å². The van der Waals surface area contributed by atoms with Crippen molar-refractivity contribution >= 4 is 49.4 Å². The van der Waals surface area contributed by atoms with Gasteiger partial charge in [-0.1, -0.05) is 34.1 Å². The zero-order chi connectivity index (χ0) is 21.7. The van der Waals surface area contributed by atoms with Gasteiger partial charge in [-0.3, -0.25) is 14.9 Å². The first-order valence-electron chi connectivity index (χ1n) is 8.63. The minimum absolute atomic E-state index is 0.120. The van der Waals surface area contributed by atoms with Gasteiger partial charge in [0.1, 0.15) is 5.75 Å². The van der Waals surface area contributed by atoms with Crippen molar-refractivity contribution in [3.8, 4) is 5.75 Å². The molecule has 0 heterocycles. The molecule has 1 amide bonds. The molecule has 0 aliphatic carbocycles. The highest BCUT2D eigenvalue weighted by Gasteiger charge is 2.18. The van der Waals surface area contributed by atoms with Crippen LogP contribution in [-0.2, 0) is 6.54 Å². The number of halogens is 2. The van der Waals surface area contributed by atoms with E-state index in [4.69, 9.17) is 4.74 Å². The monoisotopic (exact) mass is 532 g/mol. The van der Waals surface area contributed by atoms with Crippen LogP contribution in [0.3, 0.4) is 0 Å². The van der Waals surface area contributed by atoms with Crippen LogP contribution in [0.5, 0.6) is 5.75 Å². The summed E-state index contributed by atoms with van der Waals surface area (Å²) in [5.74, 6) is -0.696. The number of amides is 1. The van der Waals surface area contributed by atoms with Crippen LogP contribution >= 0.6 is 31.9 Å². The van der Waals surface area contributed by atoms with Gasteiger partial charge in [-0.15, -0.1) is 0 Å². The Kier molecular flexibility index (Phi) is 6.96. The van der Waals surface area contributed by atoms with E-state index in [1.807, 2.05) is 6.07 Å². The highest BCUT2D eigenvalue weighted by molar-refractivity contribution is 9.11. The molecular formula is C21H14Br2N2O5. The predicted molar refractivity (Wildman–Crippen MR) is 118 cm³/mol. The third-order valence-electron chi connectivity index (χ3n) is 4.07. The van der Waals surface area contributed by atoms with Crippen LogP contribution in [0.1, 0.15) is 26.3 Å². The van der Waals surface area contributed by atoms with Crippen LogP contribution < -0.4 is 10.1 Å². The minimum Gasteiger partial charge on any atom is -0.421 e. The molecule has 152 valence electrons. The average Bonchev–Trinajstić information content (AvgIpc) is 2.74. The highest BCUT2D eigenvalue weighted by Crippen LogP contribution is 2.33. The van der Waals surface area contributed by atoms with Crippen molar-refractivity contribution < 1.29 is 19.2 Å². The molecule has 3 aromatic rings. The maximum absolute atomic E-state index is 12.5. The van der Waals surface area contributed by atoms with Crippen molar-refractivity contribution in [3.63, 3.8) is 0 Å². The number of nitrogens with one attached hydrogen (secondary N) is 1. The zero-order valence-electron chi connectivity index (χ0n) is 15.3. The van der Waals surface area contributed by atoms with Gasteiger partial charge in [0.05, 0.1) is 15.0 Å². The van der Waals surface area contributed by atoms with Gasteiger partial charge in [-0.2, -0.15) is 0 Å². The Hall–Kier alpha value is -3.04. The van der Waals surface area contributed by atoms with Gasteiger partial charge < -0.3 is 10.1 Å². The van der Waals surface area contributed by atoms with Crippen molar-refractivity contribution in [3.05, 3.63) is 102 Å². The Morgan fingerprint density at radius 2 is 1.63 bits per heavy atom. The lowest BCUT2D eigenvalue weighted by atomic mass is 10.1. The summed E-state index contributed by atoms with van der Waals surface area (Å²) in [5.41, 5.74) is 1.11. The third kappa shape index (κ3) is 5.31. The van der Waals surface area contributed by atoms with E-state index in [1.165, 1.54) is 24.3 Å². The highest BCUT2D eigenvalue weighted by atomic mass is 79.9. The number of benzene rings is 3. The number of nitro benzene ring substituents is 1. The summed E-state index contributed by atoms with van der Waals surface area (Å²) in [7, 11) is 0. The molecule has 0 aliphatic heterocycles. The van der Waals surface area contributed by atoms with E-state index < -0.39 is 10.9 Å². The Labute approximate surface area is 188 Å². The number of hydrogen-bond donors (Lipinski definition) is 1. The lowest BCUT2D eigenvalue weighted by molar-refractivity contribution is -0.384.